The van der Waals surface area contributed by atoms with E-state index in [2.05, 4.69) is 21.4 Å². The molecule has 2 rings (SSSR count). The summed E-state index contributed by atoms with van der Waals surface area (Å²) in [5, 5.41) is 4.19. The number of ether oxygens (including phenoxy) is 1. The number of aliphatic imine (C=N–C) groups is 1. The molecule has 0 bridgehead atoms. The van der Waals surface area contributed by atoms with E-state index in [0.29, 0.717) is 19.1 Å². The number of nitrogens with one attached hydrogen (secondary N) is 1. The molecular weight excluding hydrogens is 252 g/mol. The summed E-state index contributed by atoms with van der Waals surface area (Å²) in [5.74, 6) is 0.431. The summed E-state index contributed by atoms with van der Waals surface area (Å²) in [4.78, 5) is 8.62. The minimum Gasteiger partial charge on any atom is -0.383 e. The summed E-state index contributed by atoms with van der Waals surface area (Å²) in [6.07, 6.45) is 1.79. The Morgan fingerprint density at radius 2 is 2.30 bits per heavy atom. The summed E-state index contributed by atoms with van der Waals surface area (Å²) in [5.41, 5.74) is 7.93. The van der Waals surface area contributed by atoms with Gasteiger partial charge in [-0.25, -0.2) is 4.99 Å². The van der Waals surface area contributed by atoms with Crippen molar-refractivity contribution in [1.82, 2.24) is 10.3 Å². The third kappa shape index (κ3) is 3.93. The van der Waals surface area contributed by atoms with E-state index in [1.165, 1.54) is 0 Å². The van der Waals surface area contributed by atoms with Crippen LogP contribution >= 0.6 is 0 Å². The average molecular weight is 272 g/mol. The van der Waals surface area contributed by atoms with Crippen LogP contribution in [0, 0.1) is 0 Å². The molecule has 106 valence electrons. The van der Waals surface area contributed by atoms with Crippen LogP contribution in [0.2, 0.25) is 0 Å². The van der Waals surface area contributed by atoms with Crippen molar-refractivity contribution in [2.45, 2.75) is 19.5 Å². The lowest BCUT2D eigenvalue weighted by Gasteiger charge is -2.13. The highest BCUT2D eigenvalue weighted by Gasteiger charge is 2.02. The summed E-state index contributed by atoms with van der Waals surface area (Å²) in [6, 6.07) is 10.2. The van der Waals surface area contributed by atoms with Gasteiger partial charge in [-0.2, -0.15) is 0 Å². The molecule has 2 aromatic rings. The van der Waals surface area contributed by atoms with Gasteiger partial charge in [0.1, 0.15) is 0 Å². The molecular formula is C15H20N4O. The predicted octanol–water partition coefficient (Wildman–Crippen LogP) is 1.67. The molecule has 0 spiro atoms. The minimum atomic E-state index is 0.143. The molecule has 0 fully saturated rings. The van der Waals surface area contributed by atoms with Crippen molar-refractivity contribution in [3.05, 3.63) is 42.1 Å². The fourth-order valence-electron chi connectivity index (χ4n) is 1.99. The van der Waals surface area contributed by atoms with Gasteiger partial charge in [0.05, 0.1) is 18.7 Å². The second-order valence-corrected chi connectivity index (χ2v) is 4.73. The summed E-state index contributed by atoms with van der Waals surface area (Å²) < 4.78 is 5.04. The highest BCUT2D eigenvalue weighted by molar-refractivity contribution is 5.80. The second kappa shape index (κ2) is 6.86. The molecule has 1 atom stereocenters. The lowest BCUT2D eigenvalue weighted by Crippen LogP contribution is -2.40. The number of nitrogens with zero attached hydrogens (tertiary/aromatic N) is 2. The van der Waals surface area contributed by atoms with Crippen LogP contribution in [0.4, 0.5) is 0 Å². The van der Waals surface area contributed by atoms with Gasteiger partial charge in [-0.05, 0) is 30.7 Å². The van der Waals surface area contributed by atoms with E-state index >= 15 is 0 Å². The largest absolute Gasteiger partial charge is 0.383 e. The quantitative estimate of drug-likeness (QED) is 0.641. The second-order valence-electron chi connectivity index (χ2n) is 4.73. The number of fused-ring (bicyclic) bond motifs is 1. The van der Waals surface area contributed by atoms with Crippen molar-refractivity contribution in [3.8, 4) is 0 Å². The van der Waals surface area contributed by atoms with E-state index in [1.807, 2.05) is 31.2 Å². The molecule has 0 radical (unpaired) electrons. The highest BCUT2D eigenvalue weighted by atomic mass is 16.5. The maximum absolute atomic E-state index is 5.84. The maximum atomic E-state index is 5.84. The summed E-state index contributed by atoms with van der Waals surface area (Å²) >= 11 is 0. The molecule has 5 heteroatoms. The standard InChI is InChI=1S/C15H20N4O/c1-11(10-20-2)19-15(16)18-9-12-5-6-14-13(8-12)4-3-7-17-14/h3-8,11H,9-10H2,1-2H3,(H3,16,18,19). The van der Waals surface area contributed by atoms with Crippen LogP contribution in [-0.4, -0.2) is 30.7 Å². The molecule has 0 amide bonds. The molecule has 20 heavy (non-hydrogen) atoms. The Hall–Kier alpha value is -2.14. The fourth-order valence-corrected chi connectivity index (χ4v) is 1.99. The first-order chi connectivity index (χ1) is 9.69. The third-order valence-electron chi connectivity index (χ3n) is 2.91. The molecule has 3 N–H and O–H groups in total. The van der Waals surface area contributed by atoms with Crippen LogP contribution < -0.4 is 11.1 Å². The van der Waals surface area contributed by atoms with Crippen LogP contribution in [0.3, 0.4) is 0 Å². The van der Waals surface area contributed by atoms with Gasteiger partial charge >= 0.3 is 0 Å². The lowest BCUT2D eigenvalue weighted by molar-refractivity contribution is 0.179. The summed E-state index contributed by atoms with van der Waals surface area (Å²) in [7, 11) is 1.66. The SMILES string of the molecule is COCC(C)NC(N)=NCc1ccc2ncccc2c1. The lowest BCUT2D eigenvalue weighted by atomic mass is 10.1. The van der Waals surface area contributed by atoms with Gasteiger partial charge in [-0.15, -0.1) is 0 Å². The Bertz CT molecular complexity index is 597. The highest BCUT2D eigenvalue weighted by Crippen LogP contribution is 2.13. The molecule has 1 unspecified atom stereocenters. The molecule has 5 nitrogen and oxygen atoms in total. The van der Waals surface area contributed by atoms with E-state index in [9.17, 15) is 0 Å². The Kier molecular flexibility index (Phi) is 4.90. The first-order valence-electron chi connectivity index (χ1n) is 6.58. The Balaban J connectivity index is 2.01. The molecule has 1 heterocycles. The van der Waals surface area contributed by atoms with E-state index < -0.39 is 0 Å². The fraction of sp³-hybridized carbons (Fsp3) is 0.333. The smallest absolute Gasteiger partial charge is 0.189 e. The molecule has 0 aliphatic heterocycles. The van der Waals surface area contributed by atoms with E-state index in [1.54, 1.807) is 13.3 Å². The van der Waals surface area contributed by atoms with Crippen molar-refractivity contribution in [2.24, 2.45) is 10.7 Å². The van der Waals surface area contributed by atoms with Gasteiger partial charge in [0.25, 0.3) is 0 Å². The van der Waals surface area contributed by atoms with Gasteiger partial charge in [-0.1, -0.05) is 12.1 Å². The molecule has 0 saturated carbocycles. The predicted molar refractivity (Wildman–Crippen MR) is 81.5 cm³/mol. The first kappa shape index (κ1) is 14.3. The number of hydrogen-bond acceptors (Lipinski definition) is 3. The van der Waals surface area contributed by atoms with Crippen molar-refractivity contribution in [2.75, 3.05) is 13.7 Å². The number of guanidine groups is 1. The monoisotopic (exact) mass is 272 g/mol. The van der Waals surface area contributed by atoms with E-state index in [0.717, 1.165) is 16.5 Å². The van der Waals surface area contributed by atoms with Crippen LogP contribution in [0.5, 0.6) is 0 Å². The van der Waals surface area contributed by atoms with Crippen molar-refractivity contribution in [3.63, 3.8) is 0 Å². The number of rotatable bonds is 5. The first-order valence-corrected chi connectivity index (χ1v) is 6.58. The van der Waals surface area contributed by atoms with E-state index in [4.69, 9.17) is 10.5 Å². The Morgan fingerprint density at radius 1 is 1.45 bits per heavy atom. The minimum absolute atomic E-state index is 0.143. The zero-order valence-corrected chi connectivity index (χ0v) is 11.8. The number of pyridine rings is 1. The van der Waals surface area contributed by atoms with Crippen molar-refractivity contribution >= 4 is 16.9 Å². The van der Waals surface area contributed by atoms with Crippen molar-refractivity contribution in [1.29, 1.82) is 0 Å². The molecule has 0 saturated heterocycles. The van der Waals surface area contributed by atoms with Crippen LogP contribution in [0.1, 0.15) is 12.5 Å². The van der Waals surface area contributed by atoms with E-state index in [-0.39, 0.29) is 6.04 Å². The van der Waals surface area contributed by atoms with Crippen LogP contribution in [0.15, 0.2) is 41.5 Å². The zero-order chi connectivity index (χ0) is 14.4. The van der Waals surface area contributed by atoms with Gasteiger partial charge in [-0.3, -0.25) is 4.98 Å². The Morgan fingerprint density at radius 3 is 3.10 bits per heavy atom. The topological polar surface area (TPSA) is 72.5 Å². The number of benzene rings is 1. The average Bonchev–Trinajstić information content (AvgIpc) is 2.45. The van der Waals surface area contributed by atoms with Crippen LogP contribution in [0.25, 0.3) is 10.9 Å². The maximum Gasteiger partial charge on any atom is 0.189 e. The van der Waals surface area contributed by atoms with Gasteiger partial charge < -0.3 is 15.8 Å². The molecule has 1 aromatic heterocycles. The van der Waals surface area contributed by atoms with Gasteiger partial charge in [0.2, 0.25) is 0 Å². The normalized spacial score (nSPS) is 13.4. The van der Waals surface area contributed by atoms with Gasteiger partial charge in [0.15, 0.2) is 5.96 Å². The third-order valence-corrected chi connectivity index (χ3v) is 2.91. The van der Waals surface area contributed by atoms with Crippen molar-refractivity contribution < 1.29 is 4.74 Å². The molecule has 0 aliphatic carbocycles. The Labute approximate surface area is 118 Å². The zero-order valence-electron chi connectivity index (χ0n) is 11.8. The summed E-state index contributed by atoms with van der Waals surface area (Å²) in [6.45, 7) is 3.13. The number of nitrogens with two attached hydrogens (primary N) is 1. The number of hydrogen-bond donors (Lipinski definition) is 2. The van der Waals surface area contributed by atoms with Gasteiger partial charge in [0, 0.05) is 24.7 Å². The van der Waals surface area contributed by atoms with Crippen LogP contribution in [-0.2, 0) is 11.3 Å². The molecule has 0 aliphatic rings. The number of aromatic nitrogens is 1. The number of methoxy groups -OCH3 is 1. The molecule has 1 aromatic carbocycles.